The number of ether oxygens (including phenoxy) is 1. The van der Waals surface area contributed by atoms with E-state index in [1.807, 2.05) is 28.8 Å². The van der Waals surface area contributed by atoms with Crippen molar-refractivity contribution in [1.82, 2.24) is 19.9 Å². The van der Waals surface area contributed by atoms with Gasteiger partial charge in [0, 0.05) is 26.3 Å². The molecule has 19 heavy (non-hydrogen) atoms. The van der Waals surface area contributed by atoms with Crippen LogP contribution in [0.1, 0.15) is 26.1 Å². The van der Waals surface area contributed by atoms with Crippen LogP contribution in [0.4, 0.5) is 0 Å². The first kappa shape index (κ1) is 14.0. The molecule has 5 heteroatoms. The molecule has 0 bridgehead atoms. The van der Waals surface area contributed by atoms with Crippen LogP contribution in [0.3, 0.4) is 0 Å². The molecule has 0 unspecified atom stereocenters. The van der Waals surface area contributed by atoms with E-state index in [0.29, 0.717) is 0 Å². The van der Waals surface area contributed by atoms with Crippen LogP contribution in [0.2, 0.25) is 0 Å². The topological polar surface area (TPSA) is 51.5 Å². The Morgan fingerprint density at radius 1 is 1.26 bits per heavy atom. The normalized spacial score (nSPS) is 12.2. The third-order valence-corrected chi connectivity index (χ3v) is 3.37. The van der Waals surface area contributed by atoms with E-state index in [0.717, 1.165) is 37.4 Å². The van der Waals surface area contributed by atoms with Crippen LogP contribution < -0.4 is 5.32 Å². The molecule has 2 aromatic rings. The summed E-state index contributed by atoms with van der Waals surface area (Å²) in [7, 11) is 1.75. The largest absolute Gasteiger partial charge is 0.379 e. The molecule has 0 aliphatic rings. The third-order valence-electron chi connectivity index (χ3n) is 3.37. The van der Waals surface area contributed by atoms with Crippen molar-refractivity contribution >= 4 is 5.65 Å². The summed E-state index contributed by atoms with van der Waals surface area (Å²) in [6.07, 6.45) is 3.86. The number of hydrogen-bond acceptors (Lipinski definition) is 4. The molecule has 0 saturated carbocycles. The third kappa shape index (κ3) is 3.75. The molecule has 0 aromatic carbocycles. The zero-order valence-corrected chi connectivity index (χ0v) is 11.9. The van der Waals surface area contributed by atoms with Crippen molar-refractivity contribution in [2.24, 2.45) is 0 Å². The predicted molar refractivity (Wildman–Crippen MR) is 75.3 cm³/mol. The number of nitrogens with zero attached hydrogens (tertiary/aromatic N) is 3. The number of fused-ring (bicyclic) bond motifs is 1. The molecule has 1 N–H and O–H groups in total. The molecule has 0 fully saturated rings. The number of aromatic nitrogens is 3. The van der Waals surface area contributed by atoms with Gasteiger partial charge < -0.3 is 10.1 Å². The Hall–Kier alpha value is -1.46. The standard InChI is InChI=1S/C14H22N4O/c1-14(2,19-3)8-10-15-9-7-13-17-16-12-6-4-5-11-18(12)13/h4-6,11,15H,7-10H2,1-3H3. The van der Waals surface area contributed by atoms with E-state index in [1.165, 1.54) is 0 Å². The average Bonchev–Trinajstić information content (AvgIpc) is 2.82. The Balaban J connectivity index is 1.77. The molecule has 2 aromatic heterocycles. The first-order valence-electron chi connectivity index (χ1n) is 6.67. The van der Waals surface area contributed by atoms with Gasteiger partial charge in [-0.25, -0.2) is 0 Å². The van der Waals surface area contributed by atoms with Crippen LogP contribution in [0.15, 0.2) is 24.4 Å². The van der Waals surface area contributed by atoms with E-state index >= 15 is 0 Å². The molecule has 5 nitrogen and oxygen atoms in total. The highest BCUT2D eigenvalue weighted by atomic mass is 16.5. The van der Waals surface area contributed by atoms with Crippen LogP contribution in [0, 0.1) is 0 Å². The highest BCUT2D eigenvalue weighted by molar-refractivity contribution is 5.36. The Morgan fingerprint density at radius 2 is 2.11 bits per heavy atom. The first-order chi connectivity index (χ1) is 9.12. The summed E-state index contributed by atoms with van der Waals surface area (Å²) in [5, 5.41) is 11.8. The first-order valence-corrected chi connectivity index (χ1v) is 6.67. The minimum Gasteiger partial charge on any atom is -0.379 e. The summed E-state index contributed by atoms with van der Waals surface area (Å²) in [6.45, 7) is 6.04. The van der Waals surface area contributed by atoms with E-state index in [4.69, 9.17) is 4.74 Å². The van der Waals surface area contributed by atoms with E-state index in [1.54, 1.807) is 7.11 Å². The fraction of sp³-hybridized carbons (Fsp3) is 0.571. The van der Waals surface area contributed by atoms with Gasteiger partial charge in [-0.15, -0.1) is 10.2 Å². The molecule has 0 amide bonds. The predicted octanol–water partition coefficient (Wildman–Crippen LogP) is 1.68. The summed E-state index contributed by atoms with van der Waals surface area (Å²) in [4.78, 5) is 0. The molecule has 0 aliphatic heterocycles. The maximum absolute atomic E-state index is 5.38. The summed E-state index contributed by atoms with van der Waals surface area (Å²) in [5.41, 5.74) is 0.840. The van der Waals surface area contributed by atoms with Gasteiger partial charge in [-0.2, -0.15) is 0 Å². The smallest absolute Gasteiger partial charge is 0.160 e. The number of nitrogens with one attached hydrogen (secondary N) is 1. The summed E-state index contributed by atoms with van der Waals surface area (Å²) in [6, 6.07) is 5.93. The van der Waals surface area contributed by atoms with Gasteiger partial charge in [0.25, 0.3) is 0 Å². The molecule has 2 rings (SSSR count). The van der Waals surface area contributed by atoms with Gasteiger partial charge in [-0.05, 0) is 38.9 Å². The number of pyridine rings is 1. The number of methoxy groups -OCH3 is 1. The Bertz CT molecular complexity index is 521. The van der Waals surface area contributed by atoms with E-state index < -0.39 is 0 Å². The molecule has 0 atom stereocenters. The minimum atomic E-state index is -0.0610. The minimum absolute atomic E-state index is 0.0610. The zero-order chi connectivity index (χ0) is 13.7. The second-order valence-electron chi connectivity index (χ2n) is 5.26. The summed E-state index contributed by atoms with van der Waals surface area (Å²) >= 11 is 0. The van der Waals surface area contributed by atoms with Crippen LogP contribution in [0.25, 0.3) is 5.65 Å². The Labute approximate surface area is 114 Å². The van der Waals surface area contributed by atoms with Crippen LogP contribution in [-0.2, 0) is 11.2 Å². The molecular formula is C14H22N4O. The molecule has 2 heterocycles. The van der Waals surface area contributed by atoms with Crippen LogP contribution in [-0.4, -0.2) is 40.4 Å². The van der Waals surface area contributed by atoms with Crippen molar-refractivity contribution in [3.05, 3.63) is 30.2 Å². The quantitative estimate of drug-likeness (QED) is 0.771. The van der Waals surface area contributed by atoms with E-state index in [2.05, 4.69) is 29.4 Å². The SMILES string of the molecule is COC(C)(C)CCNCCc1nnc2ccccn12. The lowest BCUT2D eigenvalue weighted by Crippen LogP contribution is -2.29. The van der Waals surface area contributed by atoms with Gasteiger partial charge >= 0.3 is 0 Å². The van der Waals surface area contributed by atoms with Crippen molar-refractivity contribution in [1.29, 1.82) is 0 Å². The highest BCUT2D eigenvalue weighted by Gasteiger charge is 2.14. The fourth-order valence-corrected chi connectivity index (χ4v) is 1.88. The van der Waals surface area contributed by atoms with Gasteiger partial charge in [0.05, 0.1) is 5.60 Å². The Morgan fingerprint density at radius 3 is 2.89 bits per heavy atom. The molecule has 0 aliphatic carbocycles. The lowest BCUT2D eigenvalue weighted by atomic mass is 10.1. The van der Waals surface area contributed by atoms with Gasteiger partial charge in [0.2, 0.25) is 0 Å². The van der Waals surface area contributed by atoms with Crippen molar-refractivity contribution < 1.29 is 4.74 Å². The number of rotatable bonds is 7. The second-order valence-corrected chi connectivity index (χ2v) is 5.26. The average molecular weight is 262 g/mol. The maximum Gasteiger partial charge on any atom is 0.160 e. The molecular weight excluding hydrogens is 240 g/mol. The summed E-state index contributed by atoms with van der Waals surface area (Å²) < 4.78 is 7.41. The fourth-order valence-electron chi connectivity index (χ4n) is 1.88. The molecule has 0 saturated heterocycles. The van der Waals surface area contributed by atoms with Crippen molar-refractivity contribution in [3.63, 3.8) is 0 Å². The van der Waals surface area contributed by atoms with Gasteiger partial charge in [0.1, 0.15) is 5.82 Å². The van der Waals surface area contributed by atoms with Crippen molar-refractivity contribution in [2.45, 2.75) is 32.3 Å². The van der Waals surface area contributed by atoms with Crippen molar-refractivity contribution in [2.75, 3.05) is 20.2 Å². The van der Waals surface area contributed by atoms with E-state index in [9.17, 15) is 0 Å². The molecule has 104 valence electrons. The number of hydrogen-bond donors (Lipinski definition) is 1. The maximum atomic E-state index is 5.38. The monoisotopic (exact) mass is 262 g/mol. The van der Waals surface area contributed by atoms with E-state index in [-0.39, 0.29) is 5.60 Å². The van der Waals surface area contributed by atoms with Crippen molar-refractivity contribution in [3.8, 4) is 0 Å². The van der Waals surface area contributed by atoms with Gasteiger partial charge in [-0.1, -0.05) is 6.07 Å². The lowest BCUT2D eigenvalue weighted by Gasteiger charge is -2.22. The molecule has 0 radical (unpaired) electrons. The van der Waals surface area contributed by atoms with Gasteiger partial charge in [-0.3, -0.25) is 4.40 Å². The Kier molecular flexibility index (Phi) is 4.50. The van der Waals surface area contributed by atoms with Gasteiger partial charge in [0.15, 0.2) is 5.65 Å². The lowest BCUT2D eigenvalue weighted by molar-refractivity contribution is 0.0159. The van der Waals surface area contributed by atoms with Crippen LogP contribution in [0.5, 0.6) is 0 Å². The molecule has 0 spiro atoms. The second kappa shape index (κ2) is 6.12. The summed E-state index contributed by atoms with van der Waals surface area (Å²) in [5.74, 6) is 0.995. The highest BCUT2D eigenvalue weighted by Crippen LogP contribution is 2.11. The zero-order valence-electron chi connectivity index (χ0n) is 11.9. The van der Waals surface area contributed by atoms with Crippen LogP contribution >= 0.6 is 0 Å².